The minimum Gasteiger partial charge on any atom is -0.444 e. The molecule has 0 aromatic carbocycles. The first kappa shape index (κ1) is 15.1. The Balaban J connectivity index is 2.68. The summed E-state index contributed by atoms with van der Waals surface area (Å²) in [7, 11) is 0. The molecule has 6 heteroatoms. The maximum absolute atomic E-state index is 13.2. The minimum absolute atomic E-state index is 0.00699. The molecule has 1 heterocycles. The first-order valence-corrected chi connectivity index (χ1v) is 5.81. The number of carbonyl (C=O) groups is 2. The molecule has 1 aromatic heterocycles. The van der Waals surface area contributed by atoms with Crippen LogP contribution in [0.1, 0.15) is 43.7 Å². The van der Waals surface area contributed by atoms with E-state index in [-0.39, 0.29) is 23.6 Å². The van der Waals surface area contributed by atoms with Crippen molar-refractivity contribution in [1.82, 2.24) is 10.3 Å². The van der Waals surface area contributed by atoms with Crippen LogP contribution in [0.3, 0.4) is 0 Å². The van der Waals surface area contributed by atoms with Crippen LogP contribution in [0.2, 0.25) is 0 Å². The number of rotatable bonds is 3. The summed E-state index contributed by atoms with van der Waals surface area (Å²) in [6, 6.07) is 2.49. The predicted molar refractivity (Wildman–Crippen MR) is 67.3 cm³/mol. The van der Waals surface area contributed by atoms with Crippen molar-refractivity contribution in [1.29, 1.82) is 0 Å². The highest BCUT2D eigenvalue weighted by Crippen LogP contribution is 2.08. The van der Waals surface area contributed by atoms with Gasteiger partial charge in [-0.05, 0) is 33.8 Å². The first-order valence-electron chi connectivity index (χ1n) is 5.81. The second kappa shape index (κ2) is 5.77. The number of hydrogen-bond acceptors (Lipinski definition) is 4. The Bertz CT molecular complexity index is 495. The lowest BCUT2D eigenvalue weighted by atomic mass is 10.1. The summed E-state index contributed by atoms with van der Waals surface area (Å²) >= 11 is 0. The van der Waals surface area contributed by atoms with Gasteiger partial charge in [0.25, 0.3) is 0 Å². The van der Waals surface area contributed by atoms with E-state index < -0.39 is 17.6 Å². The summed E-state index contributed by atoms with van der Waals surface area (Å²) in [6.45, 7) is 6.54. The molecule has 0 fully saturated rings. The number of nitrogens with one attached hydrogen (secondary N) is 1. The minimum atomic E-state index is -0.756. The van der Waals surface area contributed by atoms with E-state index in [1.165, 1.54) is 13.0 Å². The van der Waals surface area contributed by atoms with Gasteiger partial charge in [-0.1, -0.05) is 0 Å². The Labute approximate surface area is 111 Å². The van der Waals surface area contributed by atoms with Gasteiger partial charge in [0, 0.05) is 11.6 Å². The van der Waals surface area contributed by atoms with Gasteiger partial charge in [-0.25, -0.2) is 9.78 Å². The van der Waals surface area contributed by atoms with Gasteiger partial charge in [0.1, 0.15) is 5.60 Å². The van der Waals surface area contributed by atoms with Crippen LogP contribution in [0.15, 0.2) is 12.1 Å². The van der Waals surface area contributed by atoms with Crippen LogP contribution < -0.4 is 5.32 Å². The third-order valence-corrected chi connectivity index (χ3v) is 2.07. The van der Waals surface area contributed by atoms with Gasteiger partial charge in [-0.2, -0.15) is 4.39 Å². The Morgan fingerprint density at radius 3 is 2.53 bits per heavy atom. The molecular weight excluding hydrogens is 251 g/mol. The van der Waals surface area contributed by atoms with E-state index in [2.05, 4.69) is 10.3 Å². The topological polar surface area (TPSA) is 68.3 Å². The van der Waals surface area contributed by atoms with Gasteiger partial charge >= 0.3 is 6.09 Å². The number of carbonyl (C=O) groups excluding carboxylic acids is 2. The number of hydrogen-bond donors (Lipinski definition) is 1. The second-order valence-corrected chi connectivity index (χ2v) is 5.08. The largest absolute Gasteiger partial charge is 0.444 e. The molecule has 1 amide bonds. The molecule has 0 unspecified atom stereocenters. The average molecular weight is 268 g/mol. The highest BCUT2D eigenvalue weighted by atomic mass is 19.1. The molecule has 19 heavy (non-hydrogen) atoms. The molecule has 0 aliphatic heterocycles. The summed E-state index contributed by atoms with van der Waals surface area (Å²) in [5, 5.41) is 2.45. The van der Waals surface area contributed by atoms with Gasteiger partial charge in [0.15, 0.2) is 5.78 Å². The number of aromatic nitrogens is 1. The molecule has 104 valence electrons. The fourth-order valence-corrected chi connectivity index (χ4v) is 1.32. The van der Waals surface area contributed by atoms with Crippen molar-refractivity contribution >= 4 is 11.9 Å². The van der Waals surface area contributed by atoms with E-state index in [1.54, 1.807) is 20.8 Å². The average Bonchev–Trinajstić information content (AvgIpc) is 2.23. The Morgan fingerprint density at radius 1 is 1.37 bits per heavy atom. The highest BCUT2D eigenvalue weighted by Gasteiger charge is 2.16. The molecule has 0 saturated heterocycles. The van der Waals surface area contributed by atoms with Crippen LogP contribution in [-0.4, -0.2) is 22.5 Å². The standard InChI is InChI=1S/C13H17FN2O3/c1-8(17)9-5-10(16-11(14)6-9)7-15-12(18)19-13(2,3)4/h5-6H,7H2,1-4H3,(H,15,18). The number of ketones is 1. The van der Waals surface area contributed by atoms with Crippen LogP contribution in [0.25, 0.3) is 0 Å². The molecule has 0 bridgehead atoms. The second-order valence-electron chi connectivity index (χ2n) is 5.08. The molecular formula is C13H17FN2O3. The van der Waals surface area contributed by atoms with Crippen molar-refractivity contribution in [3.63, 3.8) is 0 Å². The van der Waals surface area contributed by atoms with Crippen molar-refractivity contribution < 1.29 is 18.7 Å². The van der Waals surface area contributed by atoms with Gasteiger partial charge in [0.05, 0.1) is 12.2 Å². The molecule has 0 spiro atoms. The van der Waals surface area contributed by atoms with Crippen molar-refractivity contribution in [2.45, 2.75) is 39.8 Å². The zero-order valence-corrected chi connectivity index (χ0v) is 11.4. The zero-order valence-electron chi connectivity index (χ0n) is 11.4. The van der Waals surface area contributed by atoms with Gasteiger partial charge < -0.3 is 10.1 Å². The summed E-state index contributed by atoms with van der Waals surface area (Å²) < 4.78 is 18.2. The zero-order chi connectivity index (χ0) is 14.6. The van der Waals surface area contributed by atoms with E-state index in [4.69, 9.17) is 4.74 Å². The highest BCUT2D eigenvalue weighted by molar-refractivity contribution is 5.94. The summed E-state index contributed by atoms with van der Waals surface area (Å²) in [6.07, 6.45) is -0.622. The van der Waals surface area contributed by atoms with Crippen molar-refractivity contribution in [3.8, 4) is 0 Å². The molecule has 1 rings (SSSR count). The summed E-state index contributed by atoms with van der Waals surface area (Å²) in [5.41, 5.74) is -0.131. The molecule has 0 aliphatic rings. The molecule has 1 N–H and O–H groups in total. The van der Waals surface area contributed by atoms with Gasteiger partial charge in [0.2, 0.25) is 5.95 Å². The SMILES string of the molecule is CC(=O)c1cc(F)nc(CNC(=O)OC(C)(C)C)c1. The third kappa shape index (κ3) is 5.46. The number of alkyl carbamates (subject to hydrolysis) is 1. The third-order valence-electron chi connectivity index (χ3n) is 2.07. The fourth-order valence-electron chi connectivity index (χ4n) is 1.32. The number of halogens is 1. The lowest BCUT2D eigenvalue weighted by Crippen LogP contribution is -2.32. The van der Waals surface area contributed by atoms with E-state index in [9.17, 15) is 14.0 Å². The van der Waals surface area contributed by atoms with Crippen LogP contribution >= 0.6 is 0 Å². The fraction of sp³-hybridized carbons (Fsp3) is 0.462. The van der Waals surface area contributed by atoms with Crippen molar-refractivity contribution in [2.24, 2.45) is 0 Å². The molecule has 0 radical (unpaired) electrons. The van der Waals surface area contributed by atoms with E-state index in [1.807, 2.05) is 0 Å². The van der Waals surface area contributed by atoms with Crippen LogP contribution in [0, 0.1) is 5.95 Å². The number of nitrogens with zero attached hydrogens (tertiary/aromatic N) is 1. The first-order chi connectivity index (χ1) is 8.67. The summed E-state index contributed by atoms with van der Waals surface area (Å²) in [4.78, 5) is 26.2. The van der Waals surface area contributed by atoms with Crippen LogP contribution in [-0.2, 0) is 11.3 Å². The van der Waals surface area contributed by atoms with E-state index in [0.29, 0.717) is 0 Å². The smallest absolute Gasteiger partial charge is 0.407 e. The normalized spacial score (nSPS) is 11.0. The Hall–Kier alpha value is -1.98. The number of ether oxygens (including phenoxy) is 1. The molecule has 0 aliphatic carbocycles. The Kier molecular flexibility index (Phi) is 4.58. The van der Waals surface area contributed by atoms with Crippen LogP contribution in [0.4, 0.5) is 9.18 Å². The molecule has 0 saturated carbocycles. The predicted octanol–water partition coefficient (Wildman–Crippen LogP) is 2.45. The lowest BCUT2D eigenvalue weighted by molar-refractivity contribution is 0.0522. The molecule has 0 atom stereocenters. The maximum Gasteiger partial charge on any atom is 0.407 e. The number of pyridine rings is 1. The monoisotopic (exact) mass is 268 g/mol. The van der Waals surface area contributed by atoms with E-state index >= 15 is 0 Å². The molecule has 1 aromatic rings. The van der Waals surface area contributed by atoms with Crippen LogP contribution in [0.5, 0.6) is 0 Å². The number of Topliss-reactive ketones (excluding diaryl/α,β-unsaturated/α-hetero) is 1. The van der Waals surface area contributed by atoms with Gasteiger partial charge in [-0.15, -0.1) is 0 Å². The van der Waals surface area contributed by atoms with E-state index in [0.717, 1.165) is 6.07 Å². The molecule has 5 nitrogen and oxygen atoms in total. The maximum atomic E-state index is 13.2. The van der Waals surface area contributed by atoms with Gasteiger partial charge in [-0.3, -0.25) is 4.79 Å². The van der Waals surface area contributed by atoms with Crippen molar-refractivity contribution in [2.75, 3.05) is 0 Å². The quantitative estimate of drug-likeness (QED) is 0.675. The summed E-state index contributed by atoms with van der Waals surface area (Å²) in [5.74, 6) is -1.02. The van der Waals surface area contributed by atoms with Crippen molar-refractivity contribution in [3.05, 3.63) is 29.3 Å². The number of amides is 1. The Morgan fingerprint density at radius 2 is 2.00 bits per heavy atom. The lowest BCUT2D eigenvalue weighted by Gasteiger charge is -2.19.